The minimum Gasteiger partial charge on any atom is -0.481 e. The third-order valence-corrected chi connectivity index (χ3v) is 2.42. The Labute approximate surface area is 114 Å². The average molecular weight is 275 g/mol. The molecule has 1 amide bonds. The summed E-state index contributed by atoms with van der Waals surface area (Å²) in [4.78, 5) is 22.2. The molecule has 0 aromatic carbocycles. The van der Waals surface area contributed by atoms with Gasteiger partial charge in [0.05, 0.1) is 18.6 Å². The number of nitrogens with one attached hydrogen (secondary N) is 1. The summed E-state index contributed by atoms with van der Waals surface area (Å²) >= 11 is 0. The summed E-state index contributed by atoms with van der Waals surface area (Å²) < 4.78 is 5.09. The normalized spacial score (nSPS) is 14.6. The van der Waals surface area contributed by atoms with E-state index in [1.54, 1.807) is 20.8 Å². The van der Waals surface area contributed by atoms with Crippen molar-refractivity contribution in [3.8, 4) is 0 Å². The van der Waals surface area contributed by atoms with Gasteiger partial charge in [0.2, 0.25) is 0 Å². The topological polar surface area (TPSA) is 95.9 Å². The second-order valence-electron chi connectivity index (χ2n) is 5.56. The van der Waals surface area contributed by atoms with Crippen LogP contribution < -0.4 is 5.32 Å². The fourth-order valence-corrected chi connectivity index (χ4v) is 1.56. The Morgan fingerprint density at radius 1 is 1.32 bits per heavy atom. The van der Waals surface area contributed by atoms with Crippen LogP contribution in [0, 0.1) is 0 Å². The Bertz CT molecular complexity index is 298. The number of carboxylic acid groups (broad SMARTS) is 1. The Morgan fingerprint density at radius 2 is 1.89 bits per heavy atom. The van der Waals surface area contributed by atoms with Gasteiger partial charge >= 0.3 is 12.1 Å². The molecule has 0 saturated heterocycles. The van der Waals surface area contributed by atoms with Crippen molar-refractivity contribution in [2.75, 3.05) is 0 Å². The van der Waals surface area contributed by atoms with Crippen molar-refractivity contribution in [3.05, 3.63) is 0 Å². The number of hydrogen-bond donors (Lipinski definition) is 3. The highest BCUT2D eigenvalue weighted by Gasteiger charge is 2.25. The van der Waals surface area contributed by atoms with Crippen LogP contribution in [0.1, 0.15) is 53.4 Å². The second kappa shape index (κ2) is 7.99. The predicted molar refractivity (Wildman–Crippen MR) is 70.9 cm³/mol. The number of aliphatic carboxylic acids is 1. The number of amides is 1. The molecule has 0 rings (SSSR count). The number of carbonyl (C=O) groups is 2. The van der Waals surface area contributed by atoms with Crippen LogP contribution in [0.4, 0.5) is 4.79 Å². The Kier molecular flexibility index (Phi) is 7.44. The van der Waals surface area contributed by atoms with Crippen molar-refractivity contribution in [2.45, 2.75) is 71.1 Å². The summed E-state index contributed by atoms with van der Waals surface area (Å²) in [5.74, 6) is -1.10. The van der Waals surface area contributed by atoms with Crippen LogP contribution in [0.3, 0.4) is 0 Å². The minimum absolute atomic E-state index is 0.399. The fraction of sp³-hybridized carbons (Fsp3) is 0.846. The first kappa shape index (κ1) is 17.7. The Morgan fingerprint density at radius 3 is 2.32 bits per heavy atom. The number of carboxylic acids is 1. The number of hydrogen-bond acceptors (Lipinski definition) is 4. The van der Waals surface area contributed by atoms with Crippen LogP contribution in [0.25, 0.3) is 0 Å². The maximum absolute atomic E-state index is 11.6. The lowest BCUT2D eigenvalue weighted by Gasteiger charge is -2.26. The van der Waals surface area contributed by atoms with Gasteiger partial charge in [0, 0.05) is 0 Å². The molecule has 0 saturated carbocycles. The predicted octanol–water partition coefficient (Wildman–Crippen LogP) is 1.91. The molecule has 0 radical (unpaired) electrons. The van der Waals surface area contributed by atoms with E-state index in [0.717, 1.165) is 12.8 Å². The van der Waals surface area contributed by atoms with E-state index in [-0.39, 0.29) is 0 Å². The standard InChI is InChI=1S/C13H25NO5/c1-5-6-7-9(10(15)8-11(16)17)14-12(18)19-13(2,3)4/h9-10,15H,5-8H2,1-4H3,(H,14,18)(H,16,17)/t9-,10-/m0/s1. The first-order valence-electron chi connectivity index (χ1n) is 6.55. The van der Waals surface area contributed by atoms with E-state index in [1.807, 2.05) is 6.92 Å². The van der Waals surface area contributed by atoms with E-state index < -0.39 is 36.2 Å². The maximum Gasteiger partial charge on any atom is 0.407 e. The molecule has 0 fully saturated rings. The quantitative estimate of drug-likeness (QED) is 0.659. The number of unbranched alkanes of at least 4 members (excludes halogenated alkanes) is 1. The highest BCUT2D eigenvalue weighted by Crippen LogP contribution is 2.11. The van der Waals surface area contributed by atoms with Crippen LogP contribution in [0.15, 0.2) is 0 Å². The monoisotopic (exact) mass is 275 g/mol. The van der Waals surface area contributed by atoms with Crippen LogP contribution in [0.2, 0.25) is 0 Å². The molecule has 0 bridgehead atoms. The number of ether oxygens (including phenoxy) is 1. The fourth-order valence-electron chi connectivity index (χ4n) is 1.56. The van der Waals surface area contributed by atoms with E-state index >= 15 is 0 Å². The van der Waals surface area contributed by atoms with Gasteiger partial charge in [0.25, 0.3) is 0 Å². The van der Waals surface area contributed by atoms with Gasteiger partial charge in [-0.05, 0) is 27.2 Å². The number of alkyl carbamates (subject to hydrolysis) is 1. The second-order valence-corrected chi connectivity index (χ2v) is 5.56. The van der Waals surface area contributed by atoms with Gasteiger partial charge in [-0.3, -0.25) is 4.79 Å². The molecule has 2 atom stereocenters. The van der Waals surface area contributed by atoms with Crippen molar-refractivity contribution in [1.29, 1.82) is 0 Å². The van der Waals surface area contributed by atoms with Gasteiger partial charge in [-0.2, -0.15) is 0 Å². The molecular formula is C13H25NO5. The maximum atomic E-state index is 11.6. The van der Waals surface area contributed by atoms with Crippen molar-refractivity contribution < 1.29 is 24.5 Å². The third kappa shape index (κ3) is 9.30. The first-order valence-corrected chi connectivity index (χ1v) is 6.55. The highest BCUT2D eigenvalue weighted by molar-refractivity contribution is 5.69. The molecule has 3 N–H and O–H groups in total. The number of carbonyl (C=O) groups excluding carboxylic acids is 1. The lowest BCUT2D eigenvalue weighted by molar-refractivity contribution is -0.139. The van der Waals surface area contributed by atoms with E-state index in [0.29, 0.717) is 6.42 Å². The molecule has 0 aliphatic rings. The molecular weight excluding hydrogens is 250 g/mol. The molecule has 19 heavy (non-hydrogen) atoms. The molecule has 0 heterocycles. The molecule has 112 valence electrons. The van der Waals surface area contributed by atoms with Gasteiger partial charge in [0.15, 0.2) is 0 Å². The summed E-state index contributed by atoms with van der Waals surface area (Å²) in [5.41, 5.74) is -0.628. The molecule has 0 aliphatic carbocycles. The molecule has 0 spiro atoms. The molecule has 6 heteroatoms. The number of aliphatic hydroxyl groups excluding tert-OH is 1. The van der Waals surface area contributed by atoms with E-state index in [2.05, 4.69) is 5.32 Å². The van der Waals surface area contributed by atoms with Crippen LogP contribution in [0.5, 0.6) is 0 Å². The zero-order chi connectivity index (χ0) is 15.1. The van der Waals surface area contributed by atoms with Gasteiger partial charge in [-0.25, -0.2) is 4.79 Å². The average Bonchev–Trinajstić information content (AvgIpc) is 2.20. The number of rotatable bonds is 7. The molecule has 0 unspecified atom stereocenters. The van der Waals surface area contributed by atoms with E-state index in [9.17, 15) is 14.7 Å². The summed E-state index contributed by atoms with van der Waals surface area (Å²) in [6.07, 6.45) is 0.0484. The highest BCUT2D eigenvalue weighted by atomic mass is 16.6. The van der Waals surface area contributed by atoms with E-state index in [1.165, 1.54) is 0 Å². The molecule has 0 aliphatic heterocycles. The number of aliphatic hydroxyl groups is 1. The summed E-state index contributed by atoms with van der Waals surface area (Å²) in [5, 5.41) is 21.0. The zero-order valence-electron chi connectivity index (χ0n) is 12.1. The summed E-state index contributed by atoms with van der Waals surface area (Å²) in [6.45, 7) is 7.19. The smallest absolute Gasteiger partial charge is 0.407 e. The Balaban J connectivity index is 4.49. The summed E-state index contributed by atoms with van der Waals surface area (Å²) in [6, 6.07) is -0.606. The van der Waals surface area contributed by atoms with Gasteiger partial charge in [-0.15, -0.1) is 0 Å². The largest absolute Gasteiger partial charge is 0.481 e. The van der Waals surface area contributed by atoms with Gasteiger partial charge in [-0.1, -0.05) is 19.8 Å². The molecule has 0 aromatic heterocycles. The van der Waals surface area contributed by atoms with Crippen molar-refractivity contribution in [2.24, 2.45) is 0 Å². The third-order valence-electron chi connectivity index (χ3n) is 2.42. The van der Waals surface area contributed by atoms with Gasteiger partial charge in [0.1, 0.15) is 5.60 Å². The van der Waals surface area contributed by atoms with Crippen molar-refractivity contribution in [1.82, 2.24) is 5.32 Å². The Hall–Kier alpha value is -1.30. The lowest BCUT2D eigenvalue weighted by atomic mass is 10.0. The van der Waals surface area contributed by atoms with Crippen molar-refractivity contribution >= 4 is 12.1 Å². The first-order chi connectivity index (χ1) is 8.65. The van der Waals surface area contributed by atoms with Crippen LogP contribution >= 0.6 is 0 Å². The minimum atomic E-state index is -1.11. The summed E-state index contributed by atoms with van der Waals surface area (Å²) in [7, 11) is 0. The van der Waals surface area contributed by atoms with Crippen molar-refractivity contribution in [3.63, 3.8) is 0 Å². The van der Waals surface area contributed by atoms with Gasteiger partial charge < -0.3 is 20.3 Å². The SMILES string of the molecule is CCCC[C@H](NC(=O)OC(C)(C)C)[C@@H](O)CC(=O)O. The molecule has 0 aromatic rings. The zero-order valence-corrected chi connectivity index (χ0v) is 12.1. The van der Waals surface area contributed by atoms with Crippen LogP contribution in [-0.2, 0) is 9.53 Å². The van der Waals surface area contributed by atoms with Crippen LogP contribution in [-0.4, -0.2) is 40.0 Å². The lowest BCUT2D eigenvalue weighted by Crippen LogP contribution is -2.46. The molecule has 6 nitrogen and oxygen atoms in total. The van der Waals surface area contributed by atoms with E-state index in [4.69, 9.17) is 9.84 Å².